The van der Waals surface area contributed by atoms with E-state index in [1.807, 2.05) is 0 Å². The number of phenolic OH excluding ortho intramolecular Hbond substituents is 2. The molecule has 5 rings (SSSR count). The van der Waals surface area contributed by atoms with Crippen LogP contribution in [0.3, 0.4) is 0 Å². The molecule has 1 amide bonds. The third kappa shape index (κ3) is 4.23. The Labute approximate surface area is 241 Å². The van der Waals surface area contributed by atoms with Crippen molar-refractivity contribution >= 4 is 35.1 Å². The molecule has 3 aliphatic carbocycles. The summed E-state index contributed by atoms with van der Waals surface area (Å²) in [5.74, 6) is -10.5. The number of likely N-dealkylation sites (N-methyl/N-ethyl adjacent to an activating group) is 1. The summed E-state index contributed by atoms with van der Waals surface area (Å²) >= 11 is 0. The minimum atomic E-state index is -2.76. The van der Waals surface area contributed by atoms with Crippen molar-refractivity contribution in [2.45, 2.75) is 30.9 Å². The van der Waals surface area contributed by atoms with Crippen LogP contribution in [0.15, 0.2) is 36.4 Å². The molecule has 0 aliphatic heterocycles. The van der Waals surface area contributed by atoms with Gasteiger partial charge in [-0.25, -0.2) is 0 Å². The van der Waals surface area contributed by atoms with Gasteiger partial charge in [0.05, 0.1) is 24.6 Å². The number of allylic oxidation sites excluding steroid dienone is 1. The number of primary amides is 1. The Morgan fingerprint density at radius 1 is 1.12 bits per heavy atom. The molecule has 2 unspecified atom stereocenters. The van der Waals surface area contributed by atoms with Gasteiger partial charge in [-0.15, -0.1) is 0 Å². The van der Waals surface area contributed by atoms with E-state index >= 15 is 0 Å². The topological polar surface area (TPSA) is 185 Å². The molecule has 2 aromatic rings. The van der Waals surface area contributed by atoms with Gasteiger partial charge in [0.25, 0.3) is 0 Å². The molecule has 0 aromatic heterocycles. The van der Waals surface area contributed by atoms with Crippen molar-refractivity contribution in [3.63, 3.8) is 0 Å². The van der Waals surface area contributed by atoms with Gasteiger partial charge in [-0.2, -0.15) is 0 Å². The molecular formula is C31H32N2O9. The van der Waals surface area contributed by atoms with Crippen molar-refractivity contribution in [3.05, 3.63) is 58.7 Å². The Bertz CT molecular complexity index is 1560. The summed E-state index contributed by atoms with van der Waals surface area (Å²) in [7, 11) is 4.53. The molecule has 0 radical (unpaired) electrons. The van der Waals surface area contributed by atoms with Gasteiger partial charge < -0.3 is 25.8 Å². The third-order valence-corrected chi connectivity index (χ3v) is 8.92. The molecule has 3 aliphatic rings. The first-order chi connectivity index (χ1) is 19.8. The lowest BCUT2D eigenvalue weighted by Crippen LogP contribution is -2.74. The van der Waals surface area contributed by atoms with Crippen molar-refractivity contribution in [2.24, 2.45) is 29.4 Å². The van der Waals surface area contributed by atoms with Gasteiger partial charge in [0.15, 0.2) is 46.2 Å². The monoisotopic (exact) mass is 576 g/mol. The molecule has 42 heavy (non-hydrogen) atoms. The Morgan fingerprint density at radius 2 is 1.83 bits per heavy atom. The maximum absolute atomic E-state index is 13.9. The van der Waals surface area contributed by atoms with Crippen LogP contribution in [-0.4, -0.2) is 82.1 Å². The lowest BCUT2D eigenvalue weighted by Gasteiger charge is -2.52. The Morgan fingerprint density at radius 3 is 2.48 bits per heavy atom. The molecule has 0 heterocycles. The van der Waals surface area contributed by atoms with E-state index in [4.69, 9.17) is 10.5 Å². The molecule has 11 nitrogen and oxygen atoms in total. The molecule has 5 N–H and O–H groups in total. The maximum atomic E-state index is 13.9. The summed E-state index contributed by atoms with van der Waals surface area (Å²) in [5.41, 5.74) is 4.23. The lowest BCUT2D eigenvalue weighted by molar-refractivity contribution is -0.181. The molecule has 220 valence electrons. The van der Waals surface area contributed by atoms with Crippen LogP contribution in [-0.2, 0) is 32.0 Å². The minimum Gasteiger partial charge on any atom is -0.507 e. The number of aliphatic hydroxyl groups is 1. The zero-order valence-corrected chi connectivity index (χ0v) is 23.4. The van der Waals surface area contributed by atoms with Crippen molar-refractivity contribution in [2.75, 3.05) is 21.2 Å². The van der Waals surface area contributed by atoms with E-state index < -0.39 is 64.4 Å². The van der Waals surface area contributed by atoms with Crippen LogP contribution in [0, 0.1) is 23.7 Å². The summed E-state index contributed by atoms with van der Waals surface area (Å²) in [4.78, 5) is 67.8. The number of ketones is 4. The zero-order chi connectivity index (χ0) is 30.7. The highest BCUT2D eigenvalue weighted by Crippen LogP contribution is 2.51. The van der Waals surface area contributed by atoms with E-state index in [0.717, 1.165) is 0 Å². The smallest absolute Gasteiger partial charge is 0.235 e. The van der Waals surface area contributed by atoms with Gasteiger partial charge in [0, 0.05) is 11.5 Å². The molecule has 0 spiro atoms. The number of nitrogens with zero attached hydrogens (tertiary/aromatic N) is 1. The number of hydrogen-bond donors (Lipinski definition) is 4. The maximum Gasteiger partial charge on any atom is 0.235 e. The van der Waals surface area contributed by atoms with Crippen LogP contribution in [0.1, 0.15) is 33.5 Å². The van der Waals surface area contributed by atoms with E-state index in [9.17, 15) is 39.3 Å². The number of ether oxygens (including phenoxy) is 1. The van der Waals surface area contributed by atoms with E-state index in [-0.39, 0.29) is 29.9 Å². The van der Waals surface area contributed by atoms with E-state index in [1.54, 1.807) is 36.4 Å². The number of nitrogens with two attached hydrogens (primary N) is 1. The average Bonchev–Trinajstić information content (AvgIpc) is 2.92. The number of fused-ring (bicyclic) bond motifs is 3. The first-order valence-electron chi connectivity index (χ1n) is 13.5. The fourth-order valence-corrected chi connectivity index (χ4v) is 6.99. The number of phenols is 2. The first-order valence-corrected chi connectivity index (χ1v) is 13.5. The first kappa shape index (κ1) is 29.2. The molecule has 6 atom stereocenters. The van der Waals surface area contributed by atoms with Crippen LogP contribution >= 0.6 is 0 Å². The predicted molar refractivity (Wildman–Crippen MR) is 149 cm³/mol. The summed E-state index contributed by atoms with van der Waals surface area (Å²) in [6, 6.07) is 6.94. The summed E-state index contributed by atoms with van der Waals surface area (Å²) in [5, 5.41) is 32.7. The number of carbonyl (C=O) groups is 5. The van der Waals surface area contributed by atoms with Gasteiger partial charge in [-0.1, -0.05) is 30.4 Å². The van der Waals surface area contributed by atoms with Crippen LogP contribution in [0.2, 0.25) is 0 Å². The number of benzene rings is 2. The van der Waals surface area contributed by atoms with Crippen molar-refractivity contribution < 1.29 is 44.0 Å². The largest absolute Gasteiger partial charge is 0.507 e. The van der Waals surface area contributed by atoms with Crippen molar-refractivity contribution in [1.29, 1.82) is 0 Å². The average molecular weight is 577 g/mol. The molecule has 2 aromatic carbocycles. The van der Waals surface area contributed by atoms with E-state index in [2.05, 4.69) is 0 Å². The third-order valence-electron chi connectivity index (χ3n) is 8.92. The number of rotatable bonds is 6. The number of hydrogen-bond acceptors (Lipinski definition) is 10. The fourth-order valence-electron chi connectivity index (χ4n) is 6.99. The highest BCUT2D eigenvalue weighted by atomic mass is 16.5. The minimum absolute atomic E-state index is 0.00852. The predicted octanol–water partition coefficient (Wildman–Crippen LogP) is 0.837. The molecule has 11 heteroatoms. The fraction of sp³-hybridized carbons (Fsp3) is 0.387. The Kier molecular flexibility index (Phi) is 7.28. The highest BCUT2D eigenvalue weighted by molar-refractivity contribution is 6.32. The molecule has 0 saturated heterocycles. The van der Waals surface area contributed by atoms with E-state index in [1.165, 1.54) is 32.2 Å². The molecule has 2 saturated carbocycles. The van der Waals surface area contributed by atoms with Crippen molar-refractivity contribution in [1.82, 2.24) is 4.90 Å². The molecule has 0 bridgehead atoms. The lowest BCUT2D eigenvalue weighted by atomic mass is 9.52. The van der Waals surface area contributed by atoms with Gasteiger partial charge in [-0.05, 0) is 62.5 Å². The van der Waals surface area contributed by atoms with Crippen LogP contribution in [0.4, 0.5) is 0 Å². The number of para-hydroxylation sites is 1. The van der Waals surface area contributed by atoms with Gasteiger partial charge in [0.1, 0.15) is 5.75 Å². The second kappa shape index (κ2) is 10.5. The van der Waals surface area contributed by atoms with Crippen LogP contribution in [0.25, 0.3) is 6.08 Å². The van der Waals surface area contributed by atoms with Crippen LogP contribution in [0.5, 0.6) is 17.2 Å². The number of methoxy groups -OCH3 is 1. The number of Topliss-reactive ketones (excluding diaryl/α,β-unsaturated/α-hetero) is 4. The number of carbonyl (C=O) groups excluding carboxylic acids is 5. The zero-order valence-electron chi connectivity index (χ0n) is 23.4. The van der Waals surface area contributed by atoms with E-state index in [0.29, 0.717) is 28.9 Å². The molecular weight excluding hydrogens is 544 g/mol. The van der Waals surface area contributed by atoms with Gasteiger partial charge in [0.2, 0.25) is 5.91 Å². The number of amides is 1. The quantitative estimate of drug-likeness (QED) is 0.359. The van der Waals surface area contributed by atoms with Gasteiger partial charge >= 0.3 is 0 Å². The van der Waals surface area contributed by atoms with Crippen molar-refractivity contribution in [3.8, 4) is 17.2 Å². The van der Waals surface area contributed by atoms with Gasteiger partial charge in [-0.3, -0.25) is 28.9 Å². The Hall–Kier alpha value is -4.35. The Balaban J connectivity index is 1.53. The summed E-state index contributed by atoms with van der Waals surface area (Å²) in [6.07, 6.45) is 4.00. The van der Waals surface area contributed by atoms with Crippen LogP contribution < -0.4 is 10.5 Å². The second-order valence-electron chi connectivity index (χ2n) is 11.4. The number of aromatic hydroxyl groups is 2. The molecule has 2 fully saturated rings. The highest BCUT2D eigenvalue weighted by Gasteiger charge is 2.69. The SMILES string of the molecule is COc1cccc(CC=Cc2ccc(O)c3c2C[C@@H]2C[C@@H]4[C@@H](N(C)C)C(=O)C(C(N)=O)C(=O)[C@]4(O)C(=O)C2C3=O)c1O. The second-order valence-corrected chi connectivity index (χ2v) is 11.4. The normalized spacial score (nSPS) is 28.9. The summed E-state index contributed by atoms with van der Waals surface area (Å²) < 4.78 is 5.15. The standard InChI is InChI=1S/C31H32N2O9/c1-33(2)24-18-13-16-12-17-14(6-4-7-15-8-5-9-20(42-3)25(15)35)10-11-19(34)22(17)26(36)21(16)28(38)31(18,41)29(39)23(27(24)37)30(32)40/h4-6,8-11,16,18,21,23-24,34-35,41H,7,12-13H2,1-3H3,(H2,32,40)/t16-,18-,21?,23?,24-,31-/m1/s1. The summed E-state index contributed by atoms with van der Waals surface area (Å²) in [6.45, 7) is 0.